The maximum Gasteiger partial charge on any atom is 0.305 e. The summed E-state index contributed by atoms with van der Waals surface area (Å²) in [5, 5.41) is 4.25. The Morgan fingerprint density at radius 2 is 2.24 bits per heavy atom. The first-order valence-corrected chi connectivity index (χ1v) is 6.21. The standard InChI is InChI=1S/C11H18N2O3S/c1-11(2,3)8(16-4)5-12-9(14)7-6-17-10(15)13-7/h6,8H,5H2,1-4H3,(H,12,14)(H,13,15)/t8-/m1/s1. The van der Waals surface area contributed by atoms with Gasteiger partial charge in [0.25, 0.3) is 5.91 Å². The normalized spacial score (nSPS) is 13.4. The number of rotatable bonds is 4. The SMILES string of the molecule is CO[C@H](CNC(=O)c1csc(=O)[nH]1)C(C)(C)C. The second-order valence-corrected chi connectivity index (χ2v) is 5.70. The van der Waals surface area contributed by atoms with Crippen molar-refractivity contribution in [2.24, 2.45) is 5.41 Å². The number of carbonyl (C=O) groups is 1. The predicted molar refractivity (Wildman–Crippen MR) is 67.5 cm³/mol. The van der Waals surface area contributed by atoms with Gasteiger partial charge in [0.2, 0.25) is 0 Å². The molecule has 0 aliphatic carbocycles. The Labute approximate surface area is 104 Å². The molecule has 0 aliphatic rings. The number of H-pyrrole nitrogens is 1. The number of methoxy groups -OCH3 is 1. The molecule has 0 saturated carbocycles. The topological polar surface area (TPSA) is 71.2 Å². The van der Waals surface area contributed by atoms with Crippen molar-refractivity contribution in [3.8, 4) is 0 Å². The van der Waals surface area contributed by atoms with E-state index in [0.717, 1.165) is 11.3 Å². The lowest BCUT2D eigenvalue weighted by molar-refractivity contribution is 0.0175. The Morgan fingerprint density at radius 1 is 1.59 bits per heavy atom. The number of aromatic nitrogens is 1. The van der Waals surface area contributed by atoms with Gasteiger partial charge in [-0.3, -0.25) is 9.59 Å². The summed E-state index contributed by atoms with van der Waals surface area (Å²) in [5.74, 6) is -0.283. The summed E-state index contributed by atoms with van der Waals surface area (Å²) in [7, 11) is 1.62. The van der Waals surface area contributed by atoms with Crippen molar-refractivity contribution in [2.45, 2.75) is 26.9 Å². The highest BCUT2D eigenvalue weighted by Gasteiger charge is 2.24. The van der Waals surface area contributed by atoms with E-state index >= 15 is 0 Å². The summed E-state index contributed by atoms with van der Waals surface area (Å²) >= 11 is 0.975. The zero-order valence-corrected chi connectivity index (χ0v) is 11.3. The maximum atomic E-state index is 11.7. The number of hydrogen-bond acceptors (Lipinski definition) is 4. The molecule has 0 radical (unpaired) electrons. The van der Waals surface area contributed by atoms with E-state index in [2.05, 4.69) is 10.3 Å². The highest BCUT2D eigenvalue weighted by molar-refractivity contribution is 7.07. The summed E-state index contributed by atoms with van der Waals surface area (Å²) < 4.78 is 5.32. The van der Waals surface area contributed by atoms with Crippen molar-refractivity contribution < 1.29 is 9.53 Å². The minimum absolute atomic E-state index is 0.0515. The first-order valence-electron chi connectivity index (χ1n) is 5.33. The van der Waals surface area contributed by atoms with Crippen LogP contribution in [0.2, 0.25) is 0 Å². The highest BCUT2D eigenvalue weighted by Crippen LogP contribution is 2.20. The van der Waals surface area contributed by atoms with Crippen LogP contribution >= 0.6 is 11.3 Å². The number of aromatic amines is 1. The fourth-order valence-corrected chi connectivity index (χ4v) is 1.98. The van der Waals surface area contributed by atoms with Crippen LogP contribution in [0.4, 0.5) is 0 Å². The smallest absolute Gasteiger partial charge is 0.305 e. The lowest BCUT2D eigenvalue weighted by Gasteiger charge is -2.29. The van der Waals surface area contributed by atoms with Crippen LogP contribution in [0.25, 0.3) is 0 Å². The van der Waals surface area contributed by atoms with E-state index in [-0.39, 0.29) is 22.3 Å². The molecule has 1 aromatic rings. The molecule has 5 nitrogen and oxygen atoms in total. The van der Waals surface area contributed by atoms with E-state index in [9.17, 15) is 9.59 Å². The van der Waals surface area contributed by atoms with Gasteiger partial charge in [-0.25, -0.2) is 0 Å². The van der Waals surface area contributed by atoms with Crippen molar-refractivity contribution in [3.63, 3.8) is 0 Å². The monoisotopic (exact) mass is 258 g/mol. The zero-order chi connectivity index (χ0) is 13.1. The largest absolute Gasteiger partial charge is 0.379 e. The van der Waals surface area contributed by atoms with E-state index in [0.29, 0.717) is 12.2 Å². The molecule has 0 spiro atoms. The second kappa shape index (κ2) is 5.46. The number of thiazole rings is 1. The number of nitrogens with one attached hydrogen (secondary N) is 2. The summed E-state index contributed by atoms with van der Waals surface area (Å²) in [6.07, 6.45) is -0.0724. The molecule has 1 amide bonds. The summed E-state index contributed by atoms with van der Waals surface area (Å²) in [4.78, 5) is 24.8. The minimum atomic E-state index is -0.283. The average Bonchev–Trinajstić information content (AvgIpc) is 2.63. The first-order chi connectivity index (χ1) is 7.84. The predicted octanol–water partition coefficient (Wildman–Crippen LogP) is 1.23. The van der Waals surface area contributed by atoms with Crippen LogP contribution < -0.4 is 10.2 Å². The van der Waals surface area contributed by atoms with Crippen molar-refractivity contribution in [3.05, 3.63) is 20.7 Å². The molecule has 1 rings (SSSR count). The zero-order valence-electron chi connectivity index (χ0n) is 10.5. The van der Waals surface area contributed by atoms with Crippen LogP contribution in [0.5, 0.6) is 0 Å². The number of amides is 1. The van der Waals surface area contributed by atoms with Gasteiger partial charge in [-0.05, 0) is 5.41 Å². The minimum Gasteiger partial charge on any atom is -0.379 e. The Kier molecular flexibility index (Phi) is 4.47. The molecule has 2 N–H and O–H groups in total. The van der Waals surface area contributed by atoms with E-state index in [1.807, 2.05) is 20.8 Å². The molecule has 0 unspecified atom stereocenters. The van der Waals surface area contributed by atoms with E-state index in [1.54, 1.807) is 7.11 Å². The molecule has 96 valence electrons. The number of ether oxygens (including phenoxy) is 1. The third-order valence-corrected chi connectivity index (χ3v) is 3.13. The van der Waals surface area contributed by atoms with Gasteiger partial charge < -0.3 is 15.0 Å². The fraction of sp³-hybridized carbons (Fsp3) is 0.636. The molecule has 0 fully saturated rings. The summed E-state index contributed by atoms with van der Waals surface area (Å²) in [5.41, 5.74) is 0.244. The van der Waals surface area contributed by atoms with Crippen LogP contribution in [-0.2, 0) is 4.74 Å². The van der Waals surface area contributed by atoms with Gasteiger partial charge in [-0.15, -0.1) is 0 Å². The van der Waals surface area contributed by atoms with Gasteiger partial charge in [-0.1, -0.05) is 32.1 Å². The molecule has 1 heterocycles. The molecule has 0 aliphatic heterocycles. The third-order valence-electron chi connectivity index (χ3n) is 2.46. The van der Waals surface area contributed by atoms with Gasteiger partial charge >= 0.3 is 4.87 Å². The number of hydrogen-bond donors (Lipinski definition) is 2. The van der Waals surface area contributed by atoms with Gasteiger partial charge in [0.1, 0.15) is 5.69 Å². The molecule has 0 saturated heterocycles. The molecule has 0 bridgehead atoms. The third kappa shape index (κ3) is 3.98. The molecule has 6 heteroatoms. The maximum absolute atomic E-state index is 11.7. The van der Waals surface area contributed by atoms with Crippen molar-refractivity contribution >= 4 is 17.2 Å². The number of carbonyl (C=O) groups excluding carboxylic acids is 1. The van der Waals surface area contributed by atoms with Crippen LogP contribution in [0, 0.1) is 5.41 Å². The van der Waals surface area contributed by atoms with E-state index in [1.165, 1.54) is 5.38 Å². The van der Waals surface area contributed by atoms with Gasteiger partial charge in [0.15, 0.2) is 0 Å². The summed E-state index contributed by atoms with van der Waals surface area (Å²) in [6.45, 7) is 6.54. The van der Waals surface area contributed by atoms with Crippen molar-refractivity contribution in [2.75, 3.05) is 13.7 Å². The quantitative estimate of drug-likeness (QED) is 0.853. The average molecular weight is 258 g/mol. The molecule has 17 heavy (non-hydrogen) atoms. The van der Waals surface area contributed by atoms with Crippen LogP contribution in [0.15, 0.2) is 10.2 Å². The molecule has 1 aromatic heterocycles. The highest BCUT2D eigenvalue weighted by atomic mass is 32.1. The Hall–Kier alpha value is -1.14. The van der Waals surface area contributed by atoms with Crippen LogP contribution in [0.3, 0.4) is 0 Å². The van der Waals surface area contributed by atoms with Crippen LogP contribution in [0.1, 0.15) is 31.3 Å². The van der Waals surface area contributed by atoms with Crippen molar-refractivity contribution in [1.29, 1.82) is 0 Å². The van der Waals surface area contributed by atoms with E-state index in [4.69, 9.17) is 4.74 Å². The Balaban J connectivity index is 2.56. The summed E-state index contributed by atoms with van der Waals surface area (Å²) in [6, 6.07) is 0. The fourth-order valence-electron chi connectivity index (χ4n) is 1.42. The Morgan fingerprint density at radius 3 is 2.65 bits per heavy atom. The lowest BCUT2D eigenvalue weighted by Crippen LogP contribution is -2.40. The van der Waals surface area contributed by atoms with Gasteiger partial charge in [-0.2, -0.15) is 0 Å². The first kappa shape index (κ1) is 13.9. The lowest BCUT2D eigenvalue weighted by atomic mass is 9.89. The van der Waals surface area contributed by atoms with Gasteiger partial charge in [0.05, 0.1) is 6.10 Å². The molecular weight excluding hydrogens is 240 g/mol. The molecule has 1 atom stereocenters. The van der Waals surface area contributed by atoms with Crippen molar-refractivity contribution in [1.82, 2.24) is 10.3 Å². The molecule has 0 aromatic carbocycles. The van der Waals surface area contributed by atoms with Gasteiger partial charge in [0, 0.05) is 19.0 Å². The van der Waals surface area contributed by atoms with Crippen LogP contribution in [-0.4, -0.2) is 30.6 Å². The van der Waals surface area contributed by atoms with E-state index < -0.39 is 0 Å². The Bertz CT molecular complexity index is 430. The molecular formula is C11H18N2O3S. The second-order valence-electron chi connectivity index (χ2n) is 4.86.